The van der Waals surface area contributed by atoms with E-state index in [0.717, 1.165) is 25.7 Å². The molecule has 0 atom stereocenters. The smallest absolute Gasteiger partial charge is 0.320 e. The van der Waals surface area contributed by atoms with Crippen molar-refractivity contribution < 1.29 is 14.3 Å². The average molecular weight is 184 g/mol. The van der Waals surface area contributed by atoms with Crippen molar-refractivity contribution in [3.63, 3.8) is 0 Å². The minimum Gasteiger partial charge on any atom is -0.393 e. The van der Waals surface area contributed by atoms with E-state index in [0.29, 0.717) is 0 Å². The van der Waals surface area contributed by atoms with E-state index in [4.69, 9.17) is 0 Å². The summed E-state index contributed by atoms with van der Waals surface area (Å²) >= 11 is 0. The average Bonchev–Trinajstić information content (AvgIpc) is 2.28. The molecular weight excluding hydrogens is 168 g/mol. The molecule has 0 aromatic rings. The summed E-state index contributed by atoms with van der Waals surface area (Å²) in [5, 5.41) is 0. The van der Waals surface area contributed by atoms with Gasteiger partial charge in [0.2, 0.25) is 0 Å². The van der Waals surface area contributed by atoms with Gasteiger partial charge in [0.15, 0.2) is 0 Å². The Morgan fingerprint density at radius 2 is 1.77 bits per heavy atom. The molecule has 0 aromatic carbocycles. The van der Waals surface area contributed by atoms with Crippen LogP contribution in [0.3, 0.4) is 0 Å². The molecule has 0 aromatic heterocycles. The highest BCUT2D eigenvalue weighted by Gasteiger charge is 2.47. The fraction of sp³-hybridized carbons (Fsp3) is 0.800. The lowest BCUT2D eigenvalue weighted by molar-refractivity contribution is -0.155. The topological polar surface area (TPSA) is 43.4 Å². The summed E-state index contributed by atoms with van der Waals surface area (Å²) in [4.78, 5) is 22.4. The van der Waals surface area contributed by atoms with E-state index in [-0.39, 0.29) is 18.4 Å². The van der Waals surface area contributed by atoms with Crippen molar-refractivity contribution in [2.75, 3.05) is 0 Å². The number of carbonyl (C=O) groups is 2. The molecule has 0 saturated carbocycles. The maximum atomic E-state index is 11.4. The Morgan fingerprint density at radius 3 is 2.08 bits per heavy atom. The van der Waals surface area contributed by atoms with E-state index >= 15 is 0 Å². The molecule has 0 spiro atoms. The predicted molar refractivity (Wildman–Crippen MR) is 48.0 cm³/mol. The zero-order valence-corrected chi connectivity index (χ0v) is 8.26. The molecule has 0 unspecified atom stereocenters. The lowest BCUT2D eigenvalue weighted by atomic mass is 9.78. The molecule has 0 radical (unpaired) electrons. The van der Waals surface area contributed by atoms with Crippen LogP contribution in [0.25, 0.3) is 0 Å². The summed E-state index contributed by atoms with van der Waals surface area (Å²) in [6, 6.07) is 0. The van der Waals surface area contributed by atoms with Gasteiger partial charge in [-0.05, 0) is 12.8 Å². The number of esters is 2. The molecular formula is C10H16O3. The number of ether oxygens (including phenoxy) is 1. The Hall–Kier alpha value is -0.860. The molecule has 74 valence electrons. The largest absolute Gasteiger partial charge is 0.393 e. The molecule has 1 heterocycles. The molecule has 0 amide bonds. The van der Waals surface area contributed by atoms with Gasteiger partial charge >= 0.3 is 11.9 Å². The van der Waals surface area contributed by atoms with Crippen molar-refractivity contribution in [1.82, 2.24) is 0 Å². The first-order chi connectivity index (χ1) is 6.14. The van der Waals surface area contributed by atoms with Crippen LogP contribution in [0.2, 0.25) is 0 Å². The van der Waals surface area contributed by atoms with Crippen molar-refractivity contribution in [2.24, 2.45) is 5.41 Å². The molecule has 1 fully saturated rings. The Kier molecular flexibility index (Phi) is 3.07. The van der Waals surface area contributed by atoms with Gasteiger partial charge in [-0.25, -0.2) is 0 Å². The van der Waals surface area contributed by atoms with Gasteiger partial charge in [-0.1, -0.05) is 26.7 Å². The monoisotopic (exact) mass is 184 g/mol. The predicted octanol–water partition coefficient (Wildman–Crippen LogP) is 2.05. The first-order valence-electron chi connectivity index (χ1n) is 4.89. The first-order valence-corrected chi connectivity index (χ1v) is 4.89. The van der Waals surface area contributed by atoms with E-state index in [1.807, 2.05) is 13.8 Å². The van der Waals surface area contributed by atoms with Gasteiger partial charge < -0.3 is 4.74 Å². The molecule has 3 heteroatoms. The summed E-state index contributed by atoms with van der Waals surface area (Å²) in [6.07, 6.45) is 3.66. The minimum atomic E-state index is -0.486. The van der Waals surface area contributed by atoms with Crippen LogP contribution in [0, 0.1) is 5.41 Å². The van der Waals surface area contributed by atoms with Gasteiger partial charge in [0.05, 0.1) is 11.8 Å². The van der Waals surface area contributed by atoms with Gasteiger partial charge in [0.25, 0.3) is 0 Å². The molecule has 0 aliphatic carbocycles. The number of cyclic esters (lactones) is 2. The SMILES string of the molecule is CCCC1(CCC)CC(=O)OC1=O. The maximum Gasteiger partial charge on any atom is 0.320 e. The molecule has 1 aliphatic heterocycles. The van der Waals surface area contributed by atoms with Gasteiger partial charge in [-0.3, -0.25) is 9.59 Å². The standard InChI is InChI=1S/C10H16O3/c1-3-5-10(6-4-2)7-8(11)13-9(10)12/h3-7H2,1-2H3. The van der Waals surface area contributed by atoms with Crippen LogP contribution in [0.15, 0.2) is 0 Å². The normalized spacial score (nSPS) is 20.5. The van der Waals surface area contributed by atoms with Crippen LogP contribution in [0.1, 0.15) is 46.0 Å². The van der Waals surface area contributed by atoms with Crippen molar-refractivity contribution in [2.45, 2.75) is 46.0 Å². The van der Waals surface area contributed by atoms with Gasteiger partial charge in [-0.15, -0.1) is 0 Å². The summed E-state index contributed by atoms with van der Waals surface area (Å²) in [5.74, 6) is -0.659. The van der Waals surface area contributed by atoms with E-state index in [2.05, 4.69) is 4.74 Å². The molecule has 1 aliphatic rings. The van der Waals surface area contributed by atoms with Crippen molar-refractivity contribution in [1.29, 1.82) is 0 Å². The van der Waals surface area contributed by atoms with Gasteiger partial charge in [-0.2, -0.15) is 0 Å². The van der Waals surface area contributed by atoms with E-state index in [1.54, 1.807) is 0 Å². The summed E-state index contributed by atoms with van der Waals surface area (Å²) in [7, 11) is 0. The van der Waals surface area contributed by atoms with E-state index in [1.165, 1.54) is 0 Å². The third-order valence-electron chi connectivity index (χ3n) is 2.58. The molecule has 1 rings (SSSR count). The Balaban J connectivity index is 2.77. The first kappa shape index (κ1) is 10.2. The molecule has 0 bridgehead atoms. The number of hydrogen-bond acceptors (Lipinski definition) is 3. The summed E-state index contributed by atoms with van der Waals surface area (Å²) in [6.45, 7) is 4.04. The third kappa shape index (κ3) is 1.90. The zero-order chi connectivity index (χ0) is 9.90. The highest BCUT2D eigenvalue weighted by Crippen LogP contribution is 2.39. The quantitative estimate of drug-likeness (QED) is 0.496. The molecule has 0 N–H and O–H groups in total. The third-order valence-corrected chi connectivity index (χ3v) is 2.58. The lowest BCUT2D eigenvalue weighted by Gasteiger charge is -2.21. The highest BCUT2D eigenvalue weighted by atomic mass is 16.6. The fourth-order valence-electron chi connectivity index (χ4n) is 2.06. The van der Waals surface area contributed by atoms with Crippen LogP contribution in [-0.2, 0) is 14.3 Å². The minimum absolute atomic E-state index is 0.285. The fourth-order valence-corrected chi connectivity index (χ4v) is 2.06. The molecule has 1 saturated heterocycles. The number of hydrogen-bond donors (Lipinski definition) is 0. The second kappa shape index (κ2) is 3.90. The highest BCUT2D eigenvalue weighted by molar-refractivity contribution is 5.97. The lowest BCUT2D eigenvalue weighted by Crippen LogP contribution is -2.25. The maximum absolute atomic E-state index is 11.4. The van der Waals surface area contributed by atoms with E-state index < -0.39 is 5.41 Å². The summed E-state index contributed by atoms with van der Waals surface area (Å²) < 4.78 is 4.60. The van der Waals surface area contributed by atoms with Crippen LogP contribution in [0.5, 0.6) is 0 Å². The molecule has 13 heavy (non-hydrogen) atoms. The number of carbonyl (C=O) groups excluding carboxylic acids is 2. The van der Waals surface area contributed by atoms with Crippen LogP contribution in [0.4, 0.5) is 0 Å². The van der Waals surface area contributed by atoms with E-state index in [9.17, 15) is 9.59 Å². The van der Waals surface area contributed by atoms with Crippen LogP contribution in [-0.4, -0.2) is 11.9 Å². The molecule has 3 nitrogen and oxygen atoms in total. The van der Waals surface area contributed by atoms with Crippen LogP contribution >= 0.6 is 0 Å². The Labute approximate surface area is 78.5 Å². The second-order valence-corrected chi connectivity index (χ2v) is 3.72. The second-order valence-electron chi connectivity index (χ2n) is 3.72. The van der Waals surface area contributed by atoms with Gasteiger partial charge in [0, 0.05) is 0 Å². The van der Waals surface area contributed by atoms with Crippen molar-refractivity contribution in [3.8, 4) is 0 Å². The zero-order valence-electron chi connectivity index (χ0n) is 8.26. The van der Waals surface area contributed by atoms with Crippen molar-refractivity contribution in [3.05, 3.63) is 0 Å². The number of rotatable bonds is 4. The van der Waals surface area contributed by atoms with Crippen molar-refractivity contribution >= 4 is 11.9 Å². The van der Waals surface area contributed by atoms with Crippen LogP contribution < -0.4 is 0 Å². The summed E-state index contributed by atoms with van der Waals surface area (Å²) in [5.41, 5.74) is -0.486. The Morgan fingerprint density at radius 1 is 1.23 bits per heavy atom. The van der Waals surface area contributed by atoms with Gasteiger partial charge in [0.1, 0.15) is 0 Å². The Bertz CT molecular complexity index is 214.